The van der Waals surface area contributed by atoms with Gasteiger partial charge in [-0.3, -0.25) is 19.3 Å². The largest absolute Gasteiger partial charge is 0.319 e. The zero-order valence-electron chi connectivity index (χ0n) is 14.2. The molecule has 0 fully saturated rings. The highest BCUT2D eigenvalue weighted by molar-refractivity contribution is 7.15. The number of non-ortho nitro benzene ring substituents is 1. The molecular formula is C19H11N5O3S. The third-order valence-electron chi connectivity index (χ3n) is 4.09. The van der Waals surface area contributed by atoms with Gasteiger partial charge in [-0.2, -0.15) is 5.26 Å². The van der Waals surface area contributed by atoms with Crippen molar-refractivity contribution in [1.82, 2.24) is 9.38 Å². The maximum atomic E-state index is 12.7. The Morgan fingerprint density at radius 3 is 2.75 bits per heavy atom. The second kappa shape index (κ2) is 6.94. The van der Waals surface area contributed by atoms with Crippen LogP contribution in [0.2, 0.25) is 0 Å². The molecule has 0 saturated carbocycles. The molecule has 28 heavy (non-hydrogen) atoms. The van der Waals surface area contributed by atoms with Crippen molar-refractivity contribution < 1.29 is 9.72 Å². The number of carbonyl (C=O) groups excluding carboxylic acids is 1. The Bertz CT molecular complexity index is 1250. The van der Waals surface area contributed by atoms with E-state index < -0.39 is 10.8 Å². The molecule has 0 bridgehead atoms. The minimum Gasteiger partial charge on any atom is -0.319 e. The molecule has 2 heterocycles. The first-order valence-electron chi connectivity index (χ1n) is 8.09. The summed E-state index contributed by atoms with van der Waals surface area (Å²) in [7, 11) is 0. The number of nitriles is 1. The van der Waals surface area contributed by atoms with E-state index in [1.807, 2.05) is 36.4 Å². The van der Waals surface area contributed by atoms with Gasteiger partial charge in [-0.25, -0.2) is 4.98 Å². The third-order valence-corrected chi connectivity index (χ3v) is 4.93. The van der Waals surface area contributed by atoms with Gasteiger partial charge in [0.05, 0.1) is 21.9 Å². The van der Waals surface area contributed by atoms with E-state index in [0.717, 1.165) is 17.3 Å². The molecule has 0 spiro atoms. The number of fused-ring (bicyclic) bond motifs is 1. The van der Waals surface area contributed by atoms with Gasteiger partial charge in [-0.1, -0.05) is 30.3 Å². The molecule has 0 saturated heterocycles. The van der Waals surface area contributed by atoms with Crippen LogP contribution in [-0.4, -0.2) is 20.2 Å². The van der Waals surface area contributed by atoms with Gasteiger partial charge in [0.2, 0.25) is 0 Å². The number of benzene rings is 2. The molecule has 8 nitrogen and oxygen atoms in total. The van der Waals surface area contributed by atoms with Crippen LogP contribution >= 0.6 is 11.3 Å². The van der Waals surface area contributed by atoms with E-state index in [1.165, 1.54) is 23.5 Å². The minimum atomic E-state index is -0.592. The molecule has 0 aliphatic carbocycles. The Morgan fingerprint density at radius 2 is 2.04 bits per heavy atom. The number of nitrogens with zero attached hydrogens (tertiary/aromatic N) is 4. The topological polar surface area (TPSA) is 113 Å². The van der Waals surface area contributed by atoms with E-state index >= 15 is 0 Å². The van der Waals surface area contributed by atoms with Gasteiger partial charge in [0.15, 0.2) is 4.96 Å². The number of amides is 1. The fourth-order valence-corrected chi connectivity index (χ4v) is 3.58. The predicted molar refractivity (Wildman–Crippen MR) is 104 cm³/mol. The number of nitro benzene ring substituents is 1. The van der Waals surface area contributed by atoms with Crippen LogP contribution in [0, 0.1) is 21.4 Å². The first-order chi connectivity index (χ1) is 13.6. The molecule has 9 heteroatoms. The van der Waals surface area contributed by atoms with Gasteiger partial charge in [-0.05, 0) is 6.07 Å². The molecular weight excluding hydrogens is 378 g/mol. The van der Waals surface area contributed by atoms with Crippen LogP contribution in [-0.2, 0) is 0 Å². The molecule has 4 aromatic rings. The number of imidazole rings is 1. The van der Waals surface area contributed by atoms with Crippen LogP contribution in [0.25, 0.3) is 16.2 Å². The summed E-state index contributed by atoms with van der Waals surface area (Å²) < 4.78 is 1.68. The highest BCUT2D eigenvalue weighted by Gasteiger charge is 2.18. The number of rotatable bonds is 4. The Morgan fingerprint density at radius 1 is 1.25 bits per heavy atom. The molecule has 2 aromatic heterocycles. The Kier molecular flexibility index (Phi) is 4.31. The van der Waals surface area contributed by atoms with Crippen LogP contribution in [0.3, 0.4) is 0 Å². The number of anilines is 1. The van der Waals surface area contributed by atoms with E-state index in [-0.39, 0.29) is 16.9 Å². The number of thiazole rings is 1. The molecule has 2 aromatic carbocycles. The summed E-state index contributed by atoms with van der Waals surface area (Å²) in [4.78, 5) is 28.2. The minimum absolute atomic E-state index is 0.0182. The number of aromatic nitrogens is 2. The van der Waals surface area contributed by atoms with E-state index in [0.29, 0.717) is 10.7 Å². The van der Waals surface area contributed by atoms with Crippen molar-refractivity contribution >= 4 is 33.6 Å². The molecule has 1 N–H and O–H groups in total. The van der Waals surface area contributed by atoms with E-state index in [2.05, 4.69) is 10.3 Å². The Hall–Kier alpha value is -4.03. The molecule has 136 valence electrons. The van der Waals surface area contributed by atoms with Gasteiger partial charge >= 0.3 is 0 Å². The summed E-state index contributed by atoms with van der Waals surface area (Å²) >= 11 is 1.32. The maximum absolute atomic E-state index is 12.7. The van der Waals surface area contributed by atoms with Gasteiger partial charge in [0, 0.05) is 29.3 Å². The summed E-state index contributed by atoms with van der Waals surface area (Å²) in [6.07, 6.45) is 1.77. The zero-order chi connectivity index (χ0) is 19.7. The first kappa shape index (κ1) is 17.4. The number of hydrogen-bond donors (Lipinski definition) is 1. The number of hydrogen-bond acceptors (Lipinski definition) is 6. The lowest BCUT2D eigenvalue weighted by Crippen LogP contribution is -2.14. The molecule has 4 rings (SSSR count). The summed E-state index contributed by atoms with van der Waals surface area (Å²) in [5.74, 6) is -0.436. The Labute approximate surface area is 162 Å². The summed E-state index contributed by atoms with van der Waals surface area (Å²) in [6.45, 7) is 0. The van der Waals surface area contributed by atoms with Crippen LogP contribution in [0.4, 0.5) is 11.4 Å². The normalized spacial score (nSPS) is 10.5. The molecule has 0 radical (unpaired) electrons. The van der Waals surface area contributed by atoms with Gasteiger partial charge in [0.1, 0.15) is 11.8 Å². The van der Waals surface area contributed by atoms with Crippen LogP contribution in [0.15, 0.2) is 60.1 Å². The quantitative estimate of drug-likeness (QED) is 0.417. The highest BCUT2D eigenvalue weighted by Crippen LogP contribution is 2.25. The summed E-state index contributed by atoms with van der Waals surface area (Å²) in [5, 5.41) is 24.4. The maximum Gasteiger partial charge on any atom is 0.273 e. The molecule has 0 atom stereocenters. The number of nitro groups is 1. The average molecular weight is 389 g/mol. The van der Waals surface area contributed by atoms with Crippen molar-refractivity contribution in [3.63, 3.8) is 0 Å². The number of carbonyl (C=O) groups is 1. The van der Waals surface area contributed by atoms with Gasteiger partial charge < -0.3 is 5.32 Å². The lowest BCUT2D eigenvalue weighted by atomic mass is 10.1. The van der Waals surface area contributed by atoms with Crippen LogP contribution < -0.4 is 5.32 Å². The second-order valence-corrected chi connectivity index (χ2v) is 6.66. The van der Waals surface area contributed by atoms with Gasteiger partial charge in [0.25, 0.3) is 11.6 Å². The second-order valence-electron chi connectivity index (χ2n) is 5.82. The third kappa shape index (κ3) is 3.08. The highest BCUT2D eigenvalue weighted by atomic mass is 32.1. The average Bonchev–Trinajstić information content (AvgIpc) is 3.29. The van der Waals surface area contributed by atoms with Crippen molar-refractivity contribution in [2.75, 3.05) is 5.32 Å². The fraction of sp³-hybridized carbons (Fsp3) is 0. The lowest BCUT2D eigenvalue weighted by molar-refractivity contribution is -0.384. The molecule has 1 amide bonds. The predicted octanol–water partition coefficient (Wildman–Crippen LogP) is 4.09. The van der Waals surface area contributed by atoms with E-state index in [4.69, 9.17) is 0 Å². The summed E-state index contributed by atoms with van der Waals surface area (Å²) in [5.41, 5.74) is 2.05. The van der Waals surface area contributed by atoms with Crippen molar-refractivity contribution in [3.05, 3.63) is 81.5 Å². The Balaban J connectivity index is 1.66. The van der Waals surface area contributed by atoms with Crippen molar-refractivity contribution in [2.24, 2.45) is 0 Å². The first-order valence-corrected chi connectivity index (χ1v) is 8.96. The van der Waals surface area contributed by atoms with E-state index in [9.17, 15) is 20.2 Å². The SMILES string of the molecule is N#Cc1cc([N+](=O)[O-])ccc1NC(=O)c1csc2nc(-c3ccccc3)cn12. The van der Waals surface area contributed by atoms with Crippen LogP contribution in [0.1, 0.15) is 16.1 Å². The van der Waals surface area contributed by atoms with Crippen molar-refractivity contribution in [1.29, 1.82) is 5.26 Å². The fourth-order valence-electron chi connectivity index (χ4n) is 2.73. The number of nitrogens with one attached hydrogen (secondary N) is 1. The molecule has 0 aliphatic rings. The zero-order valence-corrected chi connectivity index (χ0v) is 15.0. The standard InChI is InChI=1S/C19H11N5O3S/c20-9-13-8-14(24(26)27)6-7-15(13)21-18(25)17-11-28-19-22-16(10-23(17)19)12-4-2-1-3-5-12/h1-8,10-11H,(H,21,25). The monoisotopic (exact) mass is 389 g/mol. The van der Waals surface area contributed by atoms with Crippen molar-refractivity contribution in [2.45, 2.75) is 0 Å². The van der Waals surface area contributed by atoms with Gasteiger partial charge in [-0.15, -0.1) is 11.3 Å². The van der Waals surface area contributed by atoms with Crippen LogP contribution in [0.5, 0.6) is 0 Å². The van der Waals surface area contributed by atoms with E-state index in [1.54, 1.807) is 16.0 Å². The molecule has 0 aliphatic heterocycles. The smallest absolute Gasteiger partial charge is 0.273 e. The molecule has 0 unspecified atom stereocenters. The lowest BCUT2D eigenvalue weighted by Gasteiger charge is -2.06. The summed E-state index contributed by atoms with van der Waals surface area (Å²) in [6, 6.07) is 15.2. The van der Waals surface area contributed by atoms with Crippen molar-refractivity contribution in [3.8, 4) is 17.3 Å².